The first kappa shape index (κ1) is 19.0. The standard InChI is InChI=1S/C20H20N2O4S/c1-14(23)25-12-13-27-18-9-5-3-7-16(18)19(24)22-17-8-4-2-6-15(17)20-21-10-11-26-20/h2-9H,10-13H2,1H3,(H,22,24). The van der Waals surface area contributed by atoms with Crippen molar-refractivity contribution >= 4 is 35.2 Å². The molecule has 0 unspecified atom stereocenters. The summed E-state index contributed by atoms with van der Waals surface area (Å²) in [6.45, 7) is 2.86. The van der Waals surface area contributed by atoms with Crippen LogP contribution in [0, 0.1) is 0 Å². The summed E-state index contributed by atoms with van der Waals surface area (Å²) >= 11 is 1.47. The fraction of sp³-hybridized carbons (Fsp3) is 0.250. The van der Waals surface area contributed by atoms with Crippen molar-refractivity contribution in [2.24, 2.45) is 4.99 Å². The summed E-state index contributed by atoms with van der Waals surface area (Å²) in [5, 5.41) is 2.95. The number of thioether (sulfide) groups is 1. The predicted molar refractivity (Wildman–Crippen MR) is 106 cm³/mol. The van der Waals surface area contributed by atoms with Crippen LogP contribution in [0.4, 0.5) is 5.69 Å². The maximum Gasteiger partial charge on any atom is 0.302 e. The second-order valence-corrected chi connectivity index (χ2v) is 6.86. The minimum atomic E-state index is -0.310. The lowest BCUT2D eigenvalue weighted by molar-refractivity contribution is -0.140. The number of carbonyl (C=O) groups excluding carboxylic acids is 2. The van der Waals surface area contributed by atoms with Crippen LogP contribution in [0.15, 0.2) is 58.4 Å². The maximum absolute atomic E-state index is 12.9. The highest BCUT2D eigenvalue weighted by Gasteiger charge is 2.17. The Morgan fingerprint density at radius 2 is 1.96 bits per heavy atom. The highest BCUT2D eigenvalue weighted by atomic mass is 32.2. The van der Waals surface area contributed by atoms with Crippen molar-refractivity contribution in [1.29, 1.82) is 0 Å². The molecule has 2 aromatic rings. The molecule has 1 N–H and O–H groups in total. The van der Waals surface area contributed by atoms with E-state index in [9.17, 15) is 9.59 Å². The number of esters is 1. The van der Waals surface area contributed by atoms with Crippen LogP contribution in [-0.4, -0.2) is 43.3 Å². The van der Waals surface area contributed by atoms with Crippen molar-refractivity contribution in [1.82, 2.24) is 0 Å². The molecule has 2 aromatic carbocycles. The zero-order valence-electron chi connectivity index (χ0n) is 14.9. The Morgan fingerprint density at radius 1 is 1.19 bits per heavy atom. The highest BCUT2D eigenvalue weighted by molar-refractivity contribution is 7.99. The molecule has 1 amide bonds. The molecule has 140 valence electrons. The van der Waals surface area contributed by atoms with Gasteiger partial charge in [-0.2, -0.15) is 0 Å². The number of amides is 1. The monoisotopic (exact) mass is 384 g/mol. The van der Waals surface area contributed by atoms with Gasteiger partial charge in [0.15, 0.2) is 0 Å². The summed E-state index contributed by atoms with van der Waals surface area (Å²) in [4.78, 5) is 28.9. The first-order valence-corrected chi connectivity index (χ1v) is 9.57. The van der Waals surface area contributed by atoms with Crippen LogP contribution in [0.2, 0.25) is 0 Å². The number of nitrogens with one attached hydrogen (secondary N) is 1. The molecular weight excluding hydrogens is 364 g/mol. The molecular formula is C20H20N2O4S. The van der Waals surface area contributed by atoms with Gasteiger partial charge in [-0.3, -0.25) is 9.59 Å². The number of para-hydroxylation sites is 1. The fourth-order valence-electron chi connectivity index (χ4n) is 2.58. The third-order valence-electron chi connectivity index (χ3n) is 3.77. The van der Waals surface area contributed by atoms with Gasteiger partial charge in [0.25, 0.3) is 5.91 Å². The molecule has 0 aromatic heterocycles. The van der Waals surface area contributed by atoms with E-state index in [1.165, 1.54) is 18.7 Å². The first-order valence-electron chi connectivity index (χ1n) is 8.58. The Labute approximate surface area is 162 Å². The Bertz CT molecular complexity index is 867. The smallest absolute Gasteiger partial charge is 0.302 e. The fourth-order valence-corrected chi connectivity index (χ4v) is 3.46. The van der Waals surface area contributed by atoms with Crippen LogP contribution in [0.3, 0.4) is 0 Å². The number of nitrogens with zero attached hydrogens (tertiary/aromatic N) is 1. The molecule has 0 bridgehead atoms. The van der Waals surface area contributed by atoms with E-state index in [0.717, 1.165) is 10.5 Å². The summed E-state index contributed by atoms with van der Waals surface area (Å²) in [5.41, 5.74) is 1.99. The molecule has 1 heterocycles. The third-order valence-corrected chi connectivity index (χ3v) is 4.81. The average molecular weight is 384 g/mol. The second-order valence-electron chi connectivity index (χ2n) is 5.72. The van der Waals surface area contributed by atoms with E-state index in [2.05, 4.69) is 10.3 Å². The number of ether oxygens (including phenoxy) is 2. The maximum atomic E-state index is 12.9. The molecule has 0 saturated carbocycles. The predicted octanol–water partition coefficient (Wildman–Crippen LogP) is 3.37. The zero-order valence-corrected chi connectivity index (χ0v) is 15.8. The van der Waals surface area contributed by atoms with Gasteiger partial charge in [0.05, 0.1) is 23.4 Å². The summed E-state index contributed by atoms with van der Waals surface area (Å²) in [7, 11) is 0. The normalized spacial score (nSPS) is 12.9. The highest BCUT2D eigenvalue weighted by Crippen LogP contribution is 2.25. The lowest BCUT2D eigenvalue weighted by Gasteiger charge is -2.13. The molecule has 0 atom stereocenters. The Balaban J connectivity index is 1.73. The van der Waals surface area contributed by atoms with E-state index in [1.54, 1.807) is 6.07 Å². The van der Waals surface area contributed by atoms with E-state index in [1.807, 2.05) is 42.5 Å². The number of anilines is 1. The number of carbonyl (C=O) groups is 2. The van der Waals surface area contributed by atoms with Gasteiger partial charge in [0.2, 0.25) is 5.90 Å². The van der Waals surface area contributed by atoms with Gasteiger partial charge in [-0.15, -0.1) is 11.8 Å². The topological polar surface area (TPSA) is 77.0 Å². The summed E-state index contributed by atoms with van der Waals surface area (Å²) in [6.07, 6.45) is 0. The second kappa shape index (κ2) is 9.23. The van der Waals surface area contributed by atoms with Gasteiger partial charge in [0.1, 0.15) is 13.2 Å². The number of benzene rings is 2. The van der Waals surface area contributed by atoms with Crippen LogP contribution in [-0.2, 0) is 14.3 Å². The van der Waals surface area contributed by atoms with Gasteiger partial charge >= 0.3 is 5.97 Å². The number of hydrogen-bond donors (Lipinski definition) is 1. The molecule has 0 aliphatic carbocycles. The summed E-state index contributed by atoms with van der Waals surface area (Å²) in [6, 6.07) is 14.8. The van der Waals surface area contributed by atoms with Crippen molar-refractivity contribution in [3.05, 3.63) is 59.7 Å². The summed E-state index contributed by atoms with van der Waals surface area (Å²) in [5.74, 6) is 0.604. The molecule has 1 aliphatic rings. The van der Waals surface area contributed by atoms with Gasteiger partial charge in [-0.1, -0.05) is 24.3 Å². The Hall–Kier alpha value is -2.80. The van der Waals surface area contributed by atoms with E-state index < -0.39 is 0 Å². The van der Waals surface area contributed by atoms with E-state index in [-0.39, 0.29) is 11.9 Å². The molecule has 0 radical (unpaired) electrons. The van der Waals surface area contributed by atoms with Crippen LogP contribution < -0.4 is 5.32 Å². The van der Waals surface area contributed by atoms with E-state index >= 15 is 0 Å². The van der Waals surface area contributed by atoms with Crippen molar-refractivity contribution in [3.8, 4) is 0 Å². The van der Waals surface area contributed by atoms with Crippen LogP contribution in [0.1, 0.15) is 22.8 Å². The molecule has 7 heteroatoms. The quantitative estimate of drug-likeness (QED) is 0.450. The van der Waals surface area contributed by atoms with Crippen molar-refractivity contribution < 1.29 is 19.1 Å². The molecule has 0 spiro atoms. The van der Waals surface area contributed by atoms with Gasteiger partial charge < -0.3 is 14.8 Å². The van der Waals surface area contributed by atoms with E-state index in [0.29, 0.717) is 42.7 Å². The molecule has 0 fully saturated rings. The molecule has 0 saturated heterocycles. The molecule has 3 rings (SSSR count). The Kier molecular flexibility index (Phi) is 6.49. The van der Waals surface area contributed by atoms with Gasteiger partial charge in [-0.05, 0) is 24.3 Å². The van der Waals surface area contributed by atoms with Gasteiger partial charge in [-0.25, -0.2) is 4.99 Å². The lowest BCUT2D eigenvalue weighted by atomic mass is 10.1. The molecule has 27 heavy (non-hydrogen) atoms. The number of hydrogen-bond acceptors (Lipinski definition) is 6. The first-order chi connectivity index (χ1) is 13.1. The van der Waals surface area contributed by atoms with Crippen LogP contribution in [0.5, 0.6) is 0 Å². The van der Waals surface area contributed by atoms with E-state index in [4.69, 9.17) is 9.47 Å². The van der Waals surface area contributed by atoms with Crippen LogP contribution >= 0.6 is 11.8 Å². The molecule has 1 aliphatic heterocycles. The minimum absolute atomic E-state index is 0.211. The SMILES string of the molecule is CC(=O)OCCSc1ccccc1C(=O)Nc1ccccc1C1=NCCO1. The summed E-state index contributed by atoms with van der Waals surface area (Å²) < 4.78 is 10.5. The van der Waals surface area contributed by atoms with Gasteiger partial charge in [0, 0.05) is 17.6 Å². The lowest BCUT2D eigenvalue weighted by Crippen LogP contribution is -2.16. The Morgan fingerprint density at radius 3 is 2.74 bits per heavy atom. The minimum Gasteiger partial charge on any atom is -0.475 e. The van der Waals surface area contributed by atoms with Crippen molar-refractivity contribution in [2.45, 2.75) is 11.8 Å². The number of rotatable bonds is 7. The third kappa shape index (κ3) is 5.10. The van der Waals surface area contributed by atoms with Crippen LogP contribution in [0.25, 0.3) is 0 Å². The largest absolute Gasteiger partial charge is 0.475 e. The van der Waals surface area contributed by atoms with Crippen molar-refractivity contribution in [2.75, 3.05) is 30.8 Å². The number of aliphatic imine (C=N–C) groups is 1. The zero-order chi connectivity index (χ0) is 19.1. The average Bonchev–Trinajstić information content (AvgIpc) is 3.20. The molecule has 6 nitrogen and oxygen atoms in total. The van der Waals surface area contributed by atoms with Crippen molar-refractivity contribution in [3.63, 3.8) is 0 Å².